The van der Waals surface area contributed by atoms with Crippen LogP contribution in [0.1, 0.15) is 47.4 Å². The molecule has 1 saturated carbocycles. The smallest absolute Gasteiger partial charge is 0.346 e. The van der Waals surface area contributed by atoms with Gasteiger partial charge in [0.05, 0.1) is 0 Å². The molecule has 33 heavy (non-hydrogen) atoms. The van der Waals surface area contributed by atoms with Crippen LogP contribution < -0.4 is 4.90 Å². The molecule has 1 N–H and O–H groups in total. The summed E-state index contributed by atoms with van der Waals surface area (Å²) in [6, 6.07) is 27.2. The Bertz CT molecular complexity index is 1280. The van der Waals surface area contributed by atoms with E-state index >= 15 is 0 Å². The summed E-state index contributed by atoms with van der Waals surface area (Å²) in [5.41, 5.74) is 6.46. The van der Waals surface area contributed by atoms with E-state index in [1.807, 2.05) is 24.3 Å². The molecule has 3 aromatic carbocycles. The van der Waals surface area contributed by atoms with E-state index in [2.05, 4.69) is 65.6 Å². The number of benzene rings is 3. The summed E-state index contributed by atoms with van der Waals surface area (Å²) < 4.78 is 0. The van der Waals surface area contributed by atoms with Gasteiger partial charge in [-0.05, 0) is 65.4 Å². The van der Waals surface area contributed by atoms with Gasteiger partial charge in [-0.3, -0.25) is 0 Å². The van der Waals surface area contributed by atoms with Crippen LogP contribution in [0.3, 0.4) is 0 Å². The predicted molar refractivity (Wildman–Crippen MR) is 132 cm³/mol. The fraction of sp³-hybridized carbons (Fsp3) is 0.172. The zero-order valence-corrected chi connectivity index (χ0v) is 18.2. The third-order valence-electron chi connectivity index (χ3n) is 6.62. The number of rotatable bonds is 5. The summed E-state index contributed by atoms with van der Waals surface area (Å²) in [4.78, 5) is 13.7. The number of carboxylic acid groups (broad SMARTS) is 1. The van der Waals surface area contributed by atoms with Crippen molar-refractivity contribution in [2.45, 2.75) is 31.2 Å². The number of nitriles is 1. The van der Waals surface area contributed by atoms with Crippen molar-refractivity contribution < 1.29 is 9.90 Å². The van der Waals surface area contributed by atoms with Crippen LogP contribution in [0, 0.1) is 11.3 Å². The van der Waals surface area contributed by atoms with Crippen LogP contribution in [0.2, 0.25) is 0 Å². The molecule has 4 heteroatoms. The number of carbonyl (C=O) groups is 1. The Morgan fingerprint density at radius 2 is 1.64 bits per heavy atom. The first kappa shape index (κ1) is 20.8. The third kappa shape index (κ3) is 4.06. The summed E-state index contributed by atoms with van der Waals surface area (Å²) in [6.07, 6.45) is 9.16. The van der Waals surface area contributed by atoms with Crippen molar-refractivity contribution >= 4 is 35.6 Å². The van der Waals surface area contributed by atoms with Gasteiger partial charge in [-0.15, -0.1) is 0 Å². The molecule has 5 rings (SSSR count). The predicted octanol–water partition coefficient (Wildman–Crippen LogP) is 6.64. The Morgan fingerprint density at radius 1 is 0.939 bits per heavy atom. The van der Waals surface area contributed by atoms with Crippen LogP contribution in [0.15, 0.2) is 78.4 Å². The molecule has 2 atom stereocenters. The highest BCUT2D eigenvalue weighted by molar-refractivity contribution is 5.96. The normalized spacial score (nSPS) is 19.4. The second-order valence-corrected chi connectivity index (χ2v) is 8.60. The summed E-state index contributed by atoms with van der Waals surface area (Å²) in [5.74, 6) is -0.763. The summed E-state index contributed by atoms with van der Waals surface area (Å²) in [5, 5.41) is 18.3. The van der Waals surface area contributed by atoms with Crippen molar-refractivity contribution in [3.05, 3.63) is 101 Å². The number of fused-ring (bicyclic) bond motifs is 3. The summed E-state index contributed by atoms with van der Waals surface area (Å²) in [7, 11) is 0. The summed E-state index contributed by atoms with van der Waals surface area (Å²) in [6.45, 7) is 0. The highest BCUT2D eigenvalue weighted by Gasteiger charge is 2.42. The molecule has 0 radical (unpaired) electrons. The average Bonchev–Trinajstić information content (AvgIpc) is 3.43. The fourth-order valence-corrected chi connectivity index (χ4v) is 5.11. The van der Waals surface area contributed by atoms with E-state index in [4.69, 9.17) is 5.26 Å². The van der Waals surface area contributed by atoms with Gasteiger partial charge < -0.3 is 10.0 Å². The molecule has 2 unspecified atom stereocenters. The van der Waals surface area contributed by atoms with Crippen LogP contribution in [0.4, 0.5) is 11.4 Å². The first-order chi connectivity index (χ1) is 16.1. The molecule has 2 aliphatic rings. The van der Waals surface area contributed by atoms with Gasteiger partial charge in [-0.25, -0.2) is 4.79 Å². The molecule has 162 valence electrons. The van der Waals surface area contributed by atoms with E-state index in [0.717, 1.165) is 24.0 Å². The van der Waals surface area contributed by atoms with Gasteiger partial charge in [0.1, 0.15) is 11.6 Å². The minimum atomic E-state index is -1.19. The zero-order chi connectivity index (χ0) is 22.8. The maximum atomic E-state index is 11.2. The van der Waals surface area contributed by atoms with Crippen LogP contribution in [0.5, 0.6) is 0 Å². The number of hydrogen-bond acceptors (Lipinski definition) is 3. The molecular weight excluding hydrogens is 408 g/mol. The lowest BCUT2D eigenvalue weighted by Crippen LogP contribution is -2.26. The molecule has 0 saturated heterocycles. The molecule has 4 nitrogen and oxygen atoms in total. The van der Waals surface area contributed by atoms with Crippen LogP contribution in [0.25, 0.3) is 18.2 Å². The molecule has 3 aromatic rings. The molecule has 1 fully saturated rings. The minimum Gasteiger partial charge on any atom is -0.477 e. The first-order valence-corrected chi connectivity index (χ1v) is 11.3. The van der Waals surface area contributed by atoms with Gasteiger partial charge in [0.25, 0.3) is 0 Å². The van der Waals surface area contributed by atoms with Crippen molar-refractivity contribution in [1.82, 2.24) is 0 Å². The Hall–Kier alpha value is -4.10. The second-order valence-electron chi connectivity index (χ2n) is 8.60. The van der Waals surface area contributed by atoms with Gasteiger partial charge in [-0.1, -0.05) is 67.1 Å². The van der Waals surface area contributed by atoms with Gasteiger partial charge >= 0.3 is 5.97 Å². The molecule has 1 aliphatic carbocycles. The van der Waals surface area contributed by atoms with Gasteiger partial charge in [0, 0.05) is 23.3 Å². The van der Waals surface area contributed by atoms with E-state index in [0.29, 0.717) is 12.0 Å². The van der Waals surface area contributed by atoms with Crippen LogP contribution >= 0.6 is 0 Å². The topological polar surface area (TPSA) is 64.3 Å². The molecular formula is C29H24N2O2. The van der Waals surface area contributed by atoms with Crippen molar-refractivity contribution in [2.24, 2.45) is 0 Å². The lowest BCUT2D eigenvalue weighted by atomic mass is 9.95. The maximum Gasteiger partial charge on any atom is 0.346 e. The standard InChI is InChI=1S/C29H24N2O2/c30-19-23(29(32)33)17-22-13-16-28-26(18-22)25-7-4-8-27(25)31(28)24-14-11-21(12-15-24)10-9-20-5-2-1-3-6-20/h1-3,5-6,9-18,25,27H,4,7-8H2,(H,32,33)/b10-9+,23-17+. The first-order valence-electron chi connectivity index (χ1n) is 11.3. The van der Waals surface area contributed by atoms with Gasteiger partial charge in [-0.2, -0.15) is 5.26 Å². The minimum absolute atomic E-state index is 0.244. The number of nitrogens with zero attached hydrogens (tertiary/aromatic N) is 2. The molecule has 1 aliphatic heterocycles. The van der Waals surface area contributed by atoms with Crippen molar-refractivity contribution in [1.29, 1.82) is 5.26 Å². The van der Waals surface area contributed by atoms with Gasteiger partial charge in [0.2, 0.25) is 0 Å². The molecule has 0 bridgehead atoms. The summed E-state index contributed by atoms with van der Waals surface area (Å²) >= 11 is 0. The Labute approximate surface area is 193 Å². The highest BCUT2D eigenvalue weighted by Crippen LogP contribution is 2.52. The van der Waals surface area contributed by atoms with Crippen molar-refractivity contribution in [2.75, 3.05) is 4.90 Å². The van der Waals surface area contributed by atoms with Gasteiger partial charge in [0.15, 0.2) is 0 Å². The average molecular weight is 433 g/mol. The zero-order valence-electron chi connectivity index (χ0n) is 18.2. The number of carboxylic acids is 1. The van der Waals surface area contributed by atoms with E-state index in [1.165, 1.54) is 35.0 Å². The van der Waals surface area contributed by atoms with Crippen LogP contribution in [-0.2, 0) is 4.79 Å². The molecule has 1 heterocycles. The van der Waals surface area contributed by atoms with E-state index in [1.54, 1.807) is 6.07 Å². The lowest BCUT2D eigenvalue weighted by molar-refractivity contribution is -0.132. The quantitative estimate of drug-likeness (QED) is 0.279. The highest BCUT2D eigenvalue weighted by atomic mass is 16.4. The SMILES string of the molecule is N#C/C(=C\c1ccc2c(c1)C1CCCC1N2c1ccc(/C=C/c2ccccc2)cc1)C(=O)O. The Kier molecular flexibility index (Phi) is 5.54. The molecule has 0 aromatic heterocycles. The molecule has 0 amide bonds. The largest absolute Gasteiger partial charge is 0.477 e. The molecule has 0 spiro atoms. The van der Waals surface area contributed by atoms with E-state index < -0.39 is 5.97 Å². The van der Waals surface area contributed by atoms with E-state index in [-0.39, 0.29) is 5.57 Å². The van der Waals surface area contributed by atoms with E-state index in [9.17, 15) is 9.90 Å². The third-order valence-corrected chi connectivity index (χ3v) is 6.62. The van der Waals surface area contributed by atoms with Crippen molar-refractivity contribution in [3.8, 4) is 6.07 Å². The second kappa shape index (κ2) is 8.80. The fourth-order valence-electron chi connectivity index (χ4n) is 5.11. The monoisotopic (exact) mass is 432 g/mol. The lowest BCUT2D eigenvalue weighted by Gasteiger charge is -2.27. The Morgan fingerprint density at radius 3 is 2.33 bits per heavy atom. The Balaban J connectivity index is 1.45. The maximum absolute atomic E-state index is 11.2. The number of aliphatic carboxylic acids is 1. The number of anilines is 2. The number of hydrogen-bond donors (Lipinski definition) is 1. The van der Waals surface area contributed by atoms with Crippen LogP contribution in [-0.4, -0.2) is 17.1 Å². The van der Waals surface area contributed by atoms with Crippen molar-refractivity contribution in [3.63, 3.8) is 0 Å².